The molecule has 3 aromatic rings. The van der Waals surface area contributed by atoms with Gasteiger partial charge in [-0.15, -0.1) is 0 Å². The van der Waals surface area contributed by atoms with E-state index in [0.717, 1.165) is 16.4 Å². The summed E-state index contributed by atoms with van der Waals surface area (Å²) in [6.45, 7) is -0.322. The molecule has 1 aliphatic heterocycles. The highest BCUT2D eigenvalue weighted by molar-refractivity contribution is 7.92. The first-order valence-electron chi connectivity index (χ1n) is 9.05. The van der Waals surface area contributed by atoms with Crippen LogP contribution in [0.5, 0.6) is 5.75 Å². The lowest BCUT2D eigenvalue weighted by molar-refractivity contribution is -0.122. The van der Waals surface area contributed by atoms with Crippen LogP contribution in [0.25, 0.3) is 0 Å². The van der Waals surface area contributed by atoms with Crippen LogP contribution in [-0.4, -0.2) is 27.0 Å². The van der Waals surface area contributed by atoms with Gasteiger partial charge in [0.1, 0.15) is 5.75 Å². The summed E-state index contributed by atoms with van der Waals surface area (Å²) in [4.78, 5) is 12.7. The van der Waals surface area contributed by atoms with E-state index in [1.807, 2.05) is 0 Å². The molecule has 31 heavy (non-hydrogen) atoms. The van der Waals surface area contributed by atoms with Gasteiger partial charge >= 0.3 is 0 Å². The predicted octanol–water partition coefficient (Wildman–Crippen LogP) is 4.21. The smallest absolute Gasteiger partial charge is 0.267 e. The van der Waals surface area contributed by atoms with Crippen LogP contribution in [0, 0.1) is 11.6 Å². The largest absolute Gasteiger partial charge is 0.476 e. The Labute approximate surface area is 182 Å². The molecule has 0 radical (unpaired) electrons. The van der Waals surface area contributed by atoms with Crippen LogP contribution in [0.1, 0.15) is 0 Å². The van der Waals surface area contributed by atoms with Gasteiger partial charge in [0, 0.05) is 16.8 Å². The molecule has 0 saturated carbocycles. The number of nitrogens with zero attached hydrogens (tertiary/aromatic N) is 1. The Hall–Kier alpha value is -3.17. The van der Waals surface area contributed by atoms with Crippen molar-refractivity contribution in [3.8, 4) is 5.75 Å². The number of halogens is 3. The number of benzene rings is 3. The fourth-order valence-electron chi connectivity index (χ4n) is 3.10. The van der Waals surface area contributed by atoms with Crippen molar-refractivity contribution in [2.24, 2.45) is 0 Å². The first-order valence-corrected chi connectivity index (χ1v) is 10.9. The molecule has 0 bridgehead atoms. The summed E-state index contributed by atoms with van der Waals surface area (Å²) in [5.41, 5.74) is 0.285. The monoisotopic (exact) mass is 464 g/mol. The lowest BCUT2D eigenvalue weighted by Gasteiger charge is -2.34. The molecule has 0 aromatic heterocycles. The summed E-state index contributed by atoms with van der Waals surface area (Å²) in [7, 11) is -4.04. The van der Waals surface area contributed by atoms with E-state index in [0.29, 0.717) is 5.02 Å². The van der Waals surface area contributed by atoms with Gasteiger partial charge in [0.15, 0.2) is 17.7 Å². The number of ether oxygens (including phenoxy) is 1. The highest BCUT2D eigenvalue weighted by Gasteiger charge is 2.37. The average Bonchev–Trinajstić information content (AvgIpc) is 2.75. The Balaban J connectivity index is 1.66. The Kier molecular flexibility index (Phi) is 5.55. The molecule has 0 saturated heterocycles. The number of rotatable bonds is 4. The number of fused-ring (bicyclic) bond motifs is 1. The van der Waals surface area contributed by atoms with Crippen LogP contribution in [-0.2, 0) is 14.8 Å². The first kappa shape index (κ1) is 21.1. The lowest BCUT2D eigenvalue weighted by Crippen LogP contribution is -2.48. The third kappa shape index (κ3) is 4.19. The molecule has 0 fully saturated rings. The fraction of sp³-hybridized carbons (Fsp3) is 0.0952. The molecule has 1 unspecified atom stereocenters. The van der Waals surface area contributed by atoms with Gasteiger partial charge in [-0.3, -0.25) is 9.10 Å². The van der Waals surface area contributed by atoms with Crippen molar-refractivity contribution in [1.29, 1.82) is 0 Å². The summed E-state index contributed by atoms with van der Waals surface area (Å²) in [6, 6.07) is 14.9. The number of para-hydroxylation sites is 2. The maximum Gasteiger partial charge on any atom is 0.267 e. The van der Waals surface area contributed by atoms with Crippen LogP contribution >= 0.6 is 11.6 Å². The van der Waals surface area contributed by atoms with Gasteiger partial charge in [0.2, 0.25) is 0 Å². The standard InChI is InChI=1S/C21H15ClF2N2O4S/c22-13-5-8-15(9-6-13)31(28,29)26-12-20(30-19-4-2-1-3-18(19)26)21(27)25-14-7-10-16(23)17(24)11-14/h1-11,20H,12H2,(H,25,27). The summed E-state index contributed by atoms with van der Waals surface area (Å²) in [5.74, 6) is -2.70. The number of nitrogens with one attached hydrogen (secondary N) is 1. The molecule has 0 aliphatic carbocycles. The topological polar surface area (TPSA) is 75.7 Å². The molecule has 1 atom stereocenters. The number of hydrogen-bond acceptors (Lipinski definition) is 4. The maximum atomic E-state index is 13.4. The Morgan fingerprint density at radius 3 is 2.45 bits per heavy atom. The van der Waals surface area contributed by atoms with E-state index in [9.17, 15) is 22.0 Å². The van der Waals surface area contributed by atoms with Crippen LogP contribution in [0.2, 0.25) is 5.02 Å². The minimum atomic E-state index is -4.04. The van der Waals surface area contributed by atoms with Gasteiger partial charge in [-0.1, -0.05) is 23.7 Å². The van der Waals surface area contributed by atoms with Crippen LogP contribution in [0.15, 0.2) is 71.6 Å². The van der Waals surface area contributed by atoms with Gasteiger partial charge in [0.05, 0.1) is 17.1 Å². The maximum absolute atomic E-state index is 13.4. The van der Waals surface area contributed by atoms with Gasteiger partial charge in [0.25, 0.3) is 15.9 Å². The Bertz CT molecular complexity index is 1250. The van der Waals surface area contributed by atoms with Gasteiger partial charge in [-0.05, 0) is 48.5 Å². The SMILES string of the molecule is O=C(Nc1ccc(F)c(F)c1)C1CN(S(=O)(=O)c2ccc(Cl)cc2)c2ccccc2O1. The molecule has 160 valence electrons. The van der Waals surface area contributed by atoms with E-state index in [4.69, 9.17) is 16.3 Å². The molecule has 6 nitrogen and oxygen atoms in total. The normalized spacial score (nSPS) is 15.7. The zero-order valence-electron chi connectivity index (χ0n) is 15.8. The van der Waals surface area contributed by atoms with Crippen molar-refractivity contribution in [1.82, 2.24) is 0 Å². The van der Waals surface area contributed by atoms with Crippen molar-refractivity contribution in [3.05, 3.63) is 83.4 Å². The van der Waals surface area contributed by atoms with Crippen molar-refractivity contribution in [2.75, 3.05) is 16.2 Å². The van der Waals surface area contributed by atoms with Crippen molar-refractivity contribution in [2.45, 2.75) is 11.0 Å². The number of amides is 1. The molecule has 4 rings (SSSR count). The van der Waals surface area contributed by atoms with Crippen molar-refractivity contribution >= 4 is 38.9 Å². The third-order valence-electron chi connectivity index (χ3n) is 4.62. The van der Waals surface area contributed by atoms with Crippen molar-refractivity contribution in [3.63, 3.8) is 0 Å². The van der Waals surface area contributed by atoms with E-state index < -0.39 is 33.7 Å². The average molecular weight is 465 g/mol. The minimum absolute atomic E-state index is 0.00614. The molecule has 0 spiro atoms. The van der Waals surface area contributed by atoms with Gasteiger partial charge in [-0.2, -0.15) is 0 Å². The Morgan fingerprint density at radius 2 is 1.74 bits per heavy atom. The number of carbonyl (C=O) groups excluding carboxylic acids is 1. The number of anilines is 2. The minimum Gasteiger partial charge on any atom is -0.476 e. The highest BCUT2D eigenvalue weighted by atomic mass is 35.5. The second-order valence-electron chi connectivity index (χ2n) is 6.68. The first-order chi connectivity index (χ1) is 14.8. The molecule has 10 heteroatoms. The number of hydrogen-bond donors (Lipinski definition) is 1. The molecule has 1 heterocycles. The van der Waals surface area contributed by atoms with E-state index in [1.54, 1.807) is 18.2 Å². The molecule has 1 aliphatic rings. The van der Waals surface area contributed by atoms with E-state index in [-0.39, 0.29) is 28.6 Å². The summed E-state index contributed by atoms with van der Waals surface area (Å²) in [5, 5.41) is 2.80. The van der Waals surface area contributed by atoms with Crippen LogP contribution < -0.4 is 14.4 Å². The molecule has 3 aromatic carbocycles. The second-order valence-corrected chi connectivity index (χ2v) is 8.98. The van der Waals surface area contributed by atoms with E-state index in [2.05, 4.69) is 5.32 Å². The van der Waals surface area contributed by atoms with Gasteiger partial charge < -0.3 is 10.1 Å². The summed E-state index contributed by atoms with van der Waals surface area (Å²) >= 11 is 5.86. The summed E-state index contributed by atoms with van der Waals surface area (Å²) in [6.07, 6.45) is -1.23. The molecular formula is C21H15ClF2N2O4S. The van der Waals surface area contributed by atoms with Crippen molar-refractivity contribution < 1.29 is 26.7 Å². The molecule has 1 N–H and O–H groups in total. The highest BCUT2D eigenvalue weighted by Crippen LogP contribution is 2.37. The molecular weight excluding hydrogens is 450 g/mol. The van der Waals surface area contributed by atoms with E-state index >= 15 is 0 Å². The second kappa shape index (κ2) is 8.16. The van der Waals surface area contributed by atoms with Gasteiger partial charge in [-0.25, -0.2) is 17.2 Å². The van der Waals surface area contributed by atoms with E-state index in [1.165, 1.54) is 36.4 Å². The van der Waals surface area contributed by atoms with Crippen LogP contribution in [0.3, 0.4) is 0 Å². The zero-order chi connectivity index (χ0) is 22.2. The number of sulfonamides is 1. The number of carbonyl (C=O) groups is 1. The third-order valence-corrected chi connectivity index (χ3v) is 6.66. The predicted molar refractivity (Wildman–Crippen MR) is 112 cm³/mol. The zero-order valence-corrected chi connectivity index (χ0v) is 17.3. The summed E-state index contributed by atoms with van der Waals surface area (Å²) < 4.78 is 59.9. The molecule has 1 amide bonds. The quantitative estimate of drug-likeness (QED) is 0.627. The van der Waals surface area contributed by atoms with Crippen LogP contribution in [0.4, 0.5) is 20.2 Å². The lowest BCUT2D eigenvalue weighted by atomic mass is 10.2. The Morgan fingerprint density at radius 1 is 1.03 bits per heavy atom. The fourth-order valence-corrected chi connectivity index (χ4v) is 4.70.